The van der Waals surface area contributed by atoms with Crippen LogP contribution in [0.15, 0.2) is 30.3 Å². The van der Waals surface area contributed by atoms with Crippen molar-refractivity contribution in [2.75, 3.05) is 0 Å². The van der Waals surface area contributed by atoms with Crippen LogP contribution in [-0.2, 0) is 5.54 Å². The SMILES string of the molecule is CCCC(N)C(N)(N)C(C)(N)c1ccccc1. The molecule has 0 aliphatic carbocycles. The van der Waals surface area contributed by atoms with Gasteiger partial charge in [-0.3, -0.25) is 0 Å². The maximum Gasteiger partial charge on any atom is 0.102 e. The predicted molar refractivity (Wildman–Crippen MR) is 72.0 cm³/mol. The van der Waals surface area contributed by atoms with Gasteiger partial charge in [0.15, 0.2) is 0 Å². The molecule has 0 fully saturated rings. The van der Waals surface area contributed by atoms with Crippen molar-refractivity contribution in [1.29, 1.82) is 0 Å². The first-order valence-electron chi connectivity index (χ1n) is 6.01. The lowest BCUT2D eigenvalue weighted by Crippen LogP contribution is -2.75. The quantitative estimate of drug-likeness (QED) is 0.562. The molecular formula is C13H24N4. The summed E-state index contributed by atoms with van der Waals surface area (Å²) in [5.41, 5.74) is 23.6. The summed E-state index contributed by atoms with van der Waals surface area (Å²) >= 11 is 0. The summed E-state index contributed by atoms with van der Waals surface area (Å²) in [6.45, 7) is 3.88. The molecule has 8 N–H and O–H groups in total. The highest BCUT2D eigenvalue weighted by Gasteiger charge is 2.44. The van der Waals surface area contributed by atoms with Crippen LogP contribution in [0.25, 0.3) is 0 Å². The topological polar surface area (TPSA) is 104 Å². The fourth-order valence-corrected chi connectivity index (χ4v) is 1.97. The van der Waals surface area contributed by atoms with Gasteiger partial charge in [0.05, 0.1) is 5.54 Å². The third kappa shape index (κ3) is 2.66. The molecular weight excluding hydrogens is 212 g/mol. The van der Waals surface area contributed by atoms with Gasteiger partial charge in [-0.1, -0.05) is 43.7 Å². The van der Waals surface area contributed by atoms with E-state index in [1.54, 1.807) is 0 Å². The molecule has 0 saturated heterocycles. The Morgan fingerprint density at radius 1 is 1.12 bits per heavy atom. The molecule has 0 bridgehead atoms. The Hall–Kier alpha value is -0.940. The van der Waals surface area contributed by atoms with Crippen LogP contribution in [0.2, 0.25) is 0 Å². The van der Waals surface area contributed by atoms with E-state index in [0.717, 1.165) is 18.4 Å². The number of benzene rings is 1. The van der Waals surface area contributed by atoms with E-state index in [9.17, 15) is 0 Å². The van der Waals surface area contributed by atoms with Gasteiger partial charge in [-0.05, 0) is 18.9 Å². The van der Waals surface area contributed by atoms with Crippen LogP contribution in [0.1, 0.15) is 32.3 Å². The zero-order valence-electron chi connectivity index (χ0n) is 10.7. The smallest absolute Gasteiger partial charge is 0.102 e. The highest BCUT2D eigenvalue weighted by Crippen LogP contribution is 2.28. The van der Waals surface area contributed by atoms with Crippen LogP contribution in [-0.4, -0.2) is 11.7 Å². The standard InChI is InChI=1S/C13H24N4/c1-3-7-11(14)13(16,17)12(2,15)10-8-5-4-6-9-10/h4-6,8-9,11H,3,7,14-17H2,1-2H3. The summed E-state index contributed by atoms with van der Waals surface area (Å²) in [5.74, 6) is 0. The van der Waals surface area contributed by atoms with Crippen LogP contribution >= 0.6 is 0 Å². The molecule has 1 rings (SSSR count). The largest absolute Gasteiger partial charge is 0.325 e. The average Bonchev–Trinajstić information content (AvgIpc) is 2.30. The number of rotatable bonds is 5. The monoisotopic (exact) mass is 236 g/mol. The first-order valence-corrected chi connectivity index (χ1v) is 6.01. The number of hydrogen-bond donors (Lipinski definition) is 4. The minimum Gasteiger partial charge on any atom is -0.325 e. The summed E-state index contributed by atoms with van der Waals surface area (Å²) in [7, 11) is 0. The van der Waals surface area contributed by atoms with Crippen LogP contribution in [0, 0.1) is 0 Å². The molecule has 0 heterocycles. The molecule has 0 aromatic heterocycles. The van der Waals surface area contributed by atoms with Crippen LogP contribution < -0.4 is 22.9 Å². The first-order chi connectivity index (χ1) is 7.84. The van der Waals surface area contributed by atoms with Crippen molar-refractivity contribution >= 4 is 0 Å². The molecule has 17 heavy (non-hydrogen) atoms. The fourth-order valence-electron chi connectivity index (χ4n) is 1.97. The van der Waals surface area contributed by atoms with Gasteiger partial charge in [0, 0.05) is 6.04 Å². The van der Waals surface area contributed by atoms with Gasteiger partial charge >= 0.3 is 0 Å². The maximum atomic E-state index is 6.32. The van der Waals surface area contributed by atoms with E-state index in [1.165, 1.54) is 0 Å². The molecule has 2 atom stereocenters. The third-order valence-corrected chi connectivity index (χ3v) is 3.49. The Balaban J connectivity index is 3.04. The van der Waals surface area contributed by atoms with Crippen molar-refractivity contribution in [3.8, 4) is 0 Å². The summed E-state index contributed by atoms with van der Waals surface area (Å²) in [6.07, 6.45) is 1.69. The molecule has 0 spiro atoms. The van der Waals surface area contributed by atoms with E-state index in [0.29, 0.717) is 0 Å². The molecule has 1 aromatic carbocycles. The van der Waals surface area contributed by atoms with Gasteiger partial charge in [0.2, 0.25) is 0 Å². The van der Waals surface area contributed by atoms with Crippen LogP contribution in [0.4, 0.5) is 0 Å². The van der Waals surface area contributed by atoms with Crippen molar-refractivity contribution in [2.45, 2.75) is 43.9 Å². The molecule has 1 aromatic rings. The molecule has 0 amide bonds. The Labute approximate surface area is 103 Å². The van der Waals surface area contributed by atoms with Crippen LogP contribution in [0.5, 0.6) is 0 Å². The molecule has 4 heteroatoms. The molecule has 4 nitrogen and oxygen atoms in total. The zero-order chi connectivity index (χ0) is 13.1. The van der Waals surface area contributed by atoms with Gasteiger partial charge in [0.1, 0.15) is 5.66 Å². The highest BCUT2D eigenvalue weighted by molar-refractivity contribution is 5.28. The minimum absolute atomic E-state index is 0.331. The van der Waals surface area contributed by atoms with E-state index in [-0.39, 0.29) is 6.04 Å². The zero-order valence-corrected chi connectivity index (χ0v) is 10.7. The normalized spacial score (nSPS) is 17.5. The molecule has 2 unspecified atom stereocenters. The van der Waals surface area contributed by atoms with Gasteiger partial charge in [-0.15, -0.1) is 0 Å². The lowest BCUT2D eigenvalue weighted by Gasteiger charge is -2.44. The third-order valence-electron chi connectivity index (χ3n) is 3.49. The van der Waals surface area contributed by atoms with E-state index in [1.807, 2.05) is 44.2 Å². The van der Waals surface area contributed by atoms with E-state index in [4.69, 9.17) is 22.9 Å². The Bertz CT molecular complexity index is 346. The van der Waals surface area contributed by atoms with E-state index < -0.39 is 11.2 Å². The van der Waals surface area contributed by atoms with Crippen molar-refractivity contribution in [3.05, 3.63) is 35.9 Å². The van der Waals surface area contributed by atoms with E-state index in [2.05, 4.69) is 0 Å². The predicted octanol–water partition coefficient (Wildman–Crippen LogP) is 0.602. The molecule has 96 valence electrons. The van der Waals surface area contributed by atoms with Crippen molar-refractivity contribution in [1.82, 2.24) is 0 Å². The Morgan fingerprint density at radius 3 is 2.12 bits per heavy atom. The minimum atomic E-state index is -1.13. The molecule has 0 aliphatic heterocycles. The second kappa shape index (κ2) is 5.14. The molecule has 0 aliphatic rings. The van der Waals surface area contributed by atoms with Crippen molar-refractivity contribution < 1.29 is 0 Å². The maximum absolute atomic E-state index is 6.32. The lowest BCUT2D eigenvalue weighted by atomic mass is 9.76. The number of nitrogens with two attached hydrogens (primary N) is 4. The Morgan fingerprint density at radius 2 is 1.65 bits per heavy atom. The summed E-state index contributed by atoms with van der Waals surface area (Å²) in [6, 6.07) is 9.28. The lowest BCUT2D eigenvalue weighted by molar-refractivity contribution is 0.196. The van der Waals surface area contributed by atoms with Gasteiger partial charge in [-0.25, -0.2) is 0 Å². The van der Waals surface area contributed by atoms with Gasteiger partial charge in [-0.2, -0.15) is 0 Å². The fraction of sp³-hybridized carbons (Fsp3) is 0.538. The second-order valence-corrected chi connectivity index (χ2v) is 4.90. The van der Waals surface area contributed by atoms with Gasteiger partial charge in [0.25, 0.3) is 0 Å². The molecule has 0 radical (unpaired) electrons. The highest BCUT2D eigenvalue weighted by atomic mass is 15.1. The Kier molecular flexibility index (Phi) is 4.27. The second-order valence-electron chi connectivity index (χ2n) is 4.90. The van der Waals surface area contributed by atoms with Gasteiger partial charge < -0.3 is 22.9 Å². The van der Waals surface area contributed by atoms with Crippen molar-refractivity contribution in [2.24, 2.45) is 22.9 Å². The van der Waals surface area contributed by atoms with E-state index >= 15 is 0 Å². The average molecular weight is 236 g/mol. The number of hydrogen-bond acceptors (Lipinski definition) is 4. The van der Waals surface area contributed by atoms with Crippen LogP contribution in [0.3, 0.4) is 0 Å². The summed E-state index contributed by atoms with van der Waals surface area (Å²) in [4.78, 5) is 0. The summed E-state index contributed by atoms with van der Waals surface area (Å²) < 4.78 is 0. The van der Waals surface area contributed by atoms with Crippen molar-refractivity contribution in [3.63, 3.8) is 0 Å². The first kappa shape index (κ1) is 14.1. The summed E-state index contributed by atoms with van der Waals surface area (Å²) in [5, 5.41) is 0. The molecule has 0 saturated carbocycles.